The Kier molecular flexibility index (Phi) is 5.62. The van der Waals surface area contributed by atoms with E-state index in [1.807, 2.05) is 62.7 Å². The van der Waals surface area contributed by atoms with Gasteiger partial charge in [-0.2, -0.15) is 5.10 Å². The summed E-state index contributed by atoms with van der Waals surface area (Å²) in [4.78, 5) is 12.1. The molecule has 0 saturated heterocycles. The Bertz CT molecular complexity index is 707. The van der Waals surface area contributed by atoms with Gasteiger partial charge in [0, 0.05) is 24.5 Å². The van der Waals surface area contributed by atoms with Crippen LogP contribution in [0.3, 0.4) is 0 Å². The summed E-state index contributed by atoms with van der Waals surface area (Å²) in [6.07, 6.45) is 0.640. The van der Waals surface area contributed by atoms with Crippen molar-refractivity contribution in [2.24, 2.45) is 5.41 Å². The molecule has 1 heterocycles. The van der Waals surface area contributed by atoms with Gasteiger partial charge in [-0.25, -0.2) is 9.48 Å². The molecule has 2 aromatic rings. The quantitative estimate of drug-likeness (QED) is 0.762. The van der Waals surface area contributed by atoms with Crippen LogP contribution in [0.1, 0.15) is 31.7 Å². The van der Waals surface area contributed by atoms with Gasteiger partial charge in [-0.3, -0.25) is 0 Å². The number of aliphatic hydroxyl groups excluding tert-OH is 1. The van der Waals surface area contributed by atoms with Crippen LogP contribution in [0.15, 0.2) is 30.3 Å². The predicted molar refractivity (Wildman–Crippen MR) is 95.5 cm³/mol. The molecule has 130 valence electrons. The number of amides is 2. The zero-order chi connectivity index (χ0) is 17.7. The predicted octanol–water partition coefficient (Wildman–Crippen LogP) is 3.02. The van der Waals surface area contributed by atoms with E-state index in [-0.39, 0.29) is 18.1 Å². The molecule has 2 rings (SSSR count). The van der Waals surface area contributed by atoms with Crippen molar-refractivity contribution in [3.8, 4) is 5.69 Å². The van der Waals surface area contributed by atoms with E-state index < -0.39 is 0 Å². The summed E-state index contributed by atoms with van der Waals surface area (Å²) in [6.45, 7) is 8.57. The number of nitrogens with zero attached hydrogens (tertiary/aromatic N) is 2. The summed E-state index contributed by atoms with van der Waals surface area (Å²) in [5.41, 5.74) is 3.46. The lowest BCUT2D eigenvalue weighted by Gasteiger charge is -2.23. The Balaban J connectivity index is 2.02. The molecule has 2 amide bonds. The van der Waals surface area contributed by atoms with Crippen LogP contribution in [-0.4, -0.2) is 34.1 Å². The molecular formula is C18H26N4O2. The van der Waals surface area contributed by atoms with Gasteiger partial charge in [0.25, 0.3) is 0 Å². The Morgan fingerprint density at radius 1 is 1.29 bits per heavy atom. The molecule has 0 unspecified atom stereocenters. The SMILES string of the molecule is Cc1cc(C)n(-c2cccc(NC(=O)NCC(C)(C)CCO)c2)n1. The number of anilines is 1. The summed E-state index contributed by atoms with van der Waals surface area (Å²) in [5, 5.41) is 19.2. The highest BCUT2D eigenvalue weighted by Gasteiger charge is 2.18. The number of carbonyl (C=O) groups is 1. The second-order valence-corrected chi connectivity index (χ2v) is 6.83. The maximum Gasteiger partial charge on any atom is 0.319 e. The first kappa shape index (κ1) is 18.0. The normalized spacial score (nSPS) is 11.4. The molecule has 1 aromatic carbocycles. The fourth-order valence-corrected chi connectivity index (χ4v) is 2.49. The fourth-order valence-electron chi connectivity index (χ4n) is 2.49. The van der Waals surface area contributed by atoms with Crippen LogP contribution >= 0.6 is 0 Å². The zero-order valence-corrected chi connectivity index (χ0v) is 14.8. The zero-order valence-electron chi connectivity index (χ0n) is 14.8. The number of urea groups is 1. The molecule has 24 heavy (non-hydrogen) atoms. The van der Waals surface area contributed by atoms with Gasteiger partial charge in [-0.1, -0.05) is 19.9 Å². The van der Waals surface area contributed by atoms with E-state index in [2.05, 4.69) is 15.7 Å². The standard InChI is InChI=1S/C18H26N4O2/c1-13-10-14(2)22(21-13)16-7-5-6-15(11-16)20-17(24)19-12-18(3,4)8-9-23/h5-7,10-11,23H,8-9,12H2,1-4H3,(H2,19,20,24). The Morgan fingerprint density at radius 2 is 2.04 bits per heavy atom. The van der Waals surface area contributed by atoms with Crippen molar-refractivity contribution in [1.82, 2.24) is 15.1 Å². The van der Waals surface area contributed by atoms with E-state index in [1.54, 1.807) is 0 Å². The van der Waals surface area contributed by atoms with Crippen LogP contribution < -0.4 is 10.6 Å². The summed E-state index contributed by atoms with van der Waals surface area (Å²) < 4.78 is 1.85. The number of nitrogens with one attached hydrogen (secondary N) is 2. The first-order valence-corrected chi connectivity index (χ1v) is 8.10. The smallest absolute Gasteiger partial charge is 0.319 e. The van der Waals surface area contributed by atoms with Gasteiger partial charge in [0.2, 0.25) is 0 Å². The molecule has 0 bridgehead atoms. The first-order chi connectivity index (χ1) is 11.3. The van der Waals surface area contributed by atoms with Gasteiger partial charge in [0.1, 0.15) is 0 Å². The monoisotopic (exact) mass is 330 g/mol. The average Bonchev–Trinajstić information content (AvgIpc) is 2.84. The molecule has 0 fully saturated rings. The summed E-state index contributed by atoms with van der Waals surface area (Å²) in [7, 11) is 0. The minimum Gasteiger partial charge on any atom is -0.396 e. The lowest BCUT2D eigenvalue weighted by Crippen LogP contribution is -2.37. The summed E-state index contributed by atoms with van der Waals surface area (Å²) >= 11 is 0. The number of hydrogen-bond donors (Lipinski definition) is 3. The Labute approximate surface area is 142 Å². The van der Waals surface area contributed by atoms with Crippen molar-refractivity contribution in [3.05, 3.63) is 41.7 Å². The fraction of sp³-hybridized carbons (Fsp3) is 0.444. The number of aromatic nitrogens is 2. The number of carbonyl (C=O) groups excluding carboxylic acids is 1. The third kappa shape index (κ3) is 4.83. The number of aliphatic hydroxyl groups is 1. The van der Waals surface area contributed by atoms with Gasteiger partial charge in [-0.05, 0) is 49.9 Å². The Morgan fingerprint density at radius 3 is 2.67 bits per heavy atom. The lowest BCUT2D eigenvalue weighted by molar-refractivity contribution is 0.204. The highest BCUT2D eigenvalue weighted by molar-refractivity contribution is 5.89. The molecule has 0 saturated carbocycles. The molecule has 6 nitrogen and oxygen atoms in total. The van der Waals surface area contributed by atoms with Crippen molar-refractivity contribution in [2.45, 2.75) is 34.1 Å². The van der Waals surface area contributed by atoms with Gasteiger partial charge in [0.05, 0.1) is 11.4 Å². The van der Waals surface area contributed by atoms with Crippen LogP contribution in [-0.2, 0) is 0 Å². The molecular weight excluding hydrogens is 304 g/mol. The maximum absolute atomic E-state index is 12.1. The molecule has 0 aliphatic rings. The van der Waals surface area contributed by atoms with E-state index in [0.29, 0.717) is 18.7 Å². The molecule has 0 spiro atoms. The average molecular weight is 330 g/mol. The first-order valence-electron chi connectivity index (χ1n) is 8.10. The number of rotatable bonds is 6. The third-order valence-corrected chi connectivity index (χ3v) is 3.87. The van der Waals surface area contributed by atoms with Crippen molar-refractivity contribution >= 4 is 11.7 Å². The highest BCUT2D eigenvalue weighted by atomic mass is 16.3. The van der Waals surface area contributed by atoms with Crippen LogP contribution in [0.4, 0.5) is 10.5 Å². The van der Waals surface area contributed by atoms with Crippen LogP contribution in [0.2, 0.25) is 0 Å². The number of aryl methyl sites for hydroxylation is 2. The molecule has 0 atom stereocenters. The number of hydrogen-bond acceptors (Lipinski definition) is 3. The maximum atomic E-state index is 12.1. The Hall–Kier alpha value is -2.34. The van der Waals surface area contributed by atoms with E-state index in [0.717, 1.165) is 17.1 Å². The minimum atomic E-state index is -0.258. The summed E-state index contributed by atoms with van der Waals surface area (Å²) in [5.74, 6) is 0. The molecule has 6 heteroatoms. The molecule has 0 aliphatic carbocycles. The molecule has 3 N–H and O–H groups in total. The summed E-state index contributed by atoms with van der Waals surface area (Å²) in [6, 6.07) is 9.32. The molecule has 1 aromatic heterocycles. The topological polar surface area (TPSA) is 79.2 Å². The van der Waals surface area contributed by atoms with Crippen molar-refractivity contribution in [1.29, 1.82) is 0 Å². The van der Waals surface area contributed by atoms with E-state index in [4.69, 9.17) is 5.11 Å². The second-order valence-electron chi connectivity index (χ2n) is 6.83. The largest absolute Gasteiger partial charge is 0.396 e. The van der Waals surface area contributed by atoms with Crippen LogP contribution in [0, 0.1) is 19.3 Å². The molecule has 0 radical (unpaired) electrons. The van der Waals surface area contributed by atoms with Gasteiger partial charge >= 0.3 is 6.03 Å². The van der Waals surface area contributed by atoms with Crippen LogP contribution in [0.25, 0.3) is 5.69 Å². The molecule has 0 aliphatic heterocycles. The van der Waals surface area contributed by atoms with E-state index in [9.17, 15) is 4.79 Å². The van der Waals surface area contributed by atoms with Gasteiger partial charge in [-0.15, -0.1) is 0 Å². The van der Waals surface area contributed by atoms with Crippen molar-refractivity contribution in [2.75, 3.05) is 18.5 Å². The van der Waals surface area contributed by atoms with Crippen LogP contribution in [0.5, 0.6) is 0 Å². The van der Waals surface area contributed by atoms with E-state index in [1.165, 1.54) is 0 Å². The van der Waals surface area contributed by atoms with Crippen molar-refractivity contribution < 1.29 is 9.90 Å². The van der Waals surface area contributed by atoms with E-state index >= 15 is 0 Å². The minimum absolute atomic E-state index is 0.112. The second kappa shape index (κ2) is 7.49. The third-order valence-electron chi connectivity index (χ3n) is 3.87. The van der Waals surface area contributed by atoms with Gasteiger partial charge in [0.15, 0.2) is 0 Å². The van der Waals surface area contributed by atoms with Gasteiger partial charge < -0.3 is 15.7 Å². The highest BCUT2D eigenvalue weighted by Crippen LogP contribution is 2.19. The van der Waals surface area contributed by atoms with Crippen molar-refractivity contribution in [3.63, 3.8) is 0 Å². The lowest BCUT2D eigenvalue weighted by atomic mass is 9.90. The number of benzene rings is 1.